The first-order valence-electron chi connectivity index (χ1n) is 5.86. The molecule has 0 aliphatic carbocycles. The highest BCUT2D eigenvalue weighted by Gasteiger charge is 2.17. The van der Waals surface area contributed by atoms with Gasteiger partial charge >= 0.3 is 0 Å². The molecule has 16 heavy (non-hydrogen) atoms. The van der Waals surface area contributed by atoms with Gasteiger partial charge < -0.3 is 10.6 Å². The van der Waals surface area contributed by atoms with Crippen LogP contribution in [0, 0.1) is 5.92 Å². The number of nitrogens with two attached hydrogens (primary N) is 1. The molecule has 1 heterocycles. The average Bonchev–Trinajstić information content (AvgIpc) is 2.18. The van der Waals surface area contributed by atoms with E-state index in [1.165, 1.54) is 43.3 Å². The van der Waals surface area contributed by atoms with Crippen molar-refractivity contribution in [3.8, 4) is 0 Å². The minimum absolute atomic E-state index is 0.728. The maximum absolute atomic E-state index is 4.61. The van der Waals surface area contributed by atoms with E-state index in [-0.39, 0.29) is 0 Å². The molecule has 1 rings (SSSR count). The molecule has 2 heteroatoms. The molecule has 0 aromatic heterocycles. The van der Waals surface area contributed by atoms with Gasteiger partial charge in [-0.1, -0.05) is 30.4 Å². The summed E-state index contributed by atoms with van der Waals surface area (Å²) >= 11 is 0. The van der Waals surface area contributed by atoms with Crippen molar-refractivity contribution in [1.82, 2.24) is 4.90 Å². The average molecular weight is 222 g/mol. The fraction of sp³-hybridized carbons (Fsp3) is 0.571. The number of hydrogen-bond donors (Lipinski definition) is 1. The van der Waals surface area contributed by atoms with Crippen molar-refractivity contribution in [3.63, 3.8) is 0 Å². The molecule has 1 saturated heterocycles. The molecule has 0 aromatic rings. The summed E-state index contributed by atoms with van der Waals surface area (Å²) in [7, 11) is 2.19. The maximum Gasteiger partial charge on any atom is -0.00160 e. The minimum atomic E-state index is 0.728. The van der Waals surface area contributed by atoms with Gasteiger partial charge in [0.15, 0.2) is 0 Å². The maximum atomic E-state index is 4.61. The molecule has 2 nitrogen and oxygen atoms in total. The van der Waals surface area contributed by atoms with Crippen LogP contribution in [-0.2, 0) is 0 Å². The Morgan fingerprint density at radius 2 is 1.75 bits per heavy atom. The van der Waals surface area contributed by atoms with E-state index in [0.29, 0.717) is 0 Å². The molecule has 0 unspecified atom stereocenters. The van der Waals surface area contributed by atoms with Crippen molar-refractivity contribution >= 4 is 0 Å². The standard InChI is InChI=1S/C12H21N.C2H5N/c1-10(2)9-11(3)12-5-7-13(4)8-6-12;1-2-3/h9,12H,3,5-8H2,1-2,4H3;2H,1,3H2. The number of rotatable bonds is 2. The van der Waals surface area contributed by atoms with Crippen LogP contribution in [0.15, 0.2) is 36.6 Å². The number of allylic oxidation sites excluding steroid dienone is 3. The zero-order valence-corrected chi connectivity index (χ0v) is 11.0. The molecular weight excluding hydrogens is 196 g/mol. The van der Waals surface area contributed by atoms with Crippen molar-refractivity contribution in [2.75, 3.05) is 20.1 Å². The van der Waals surface area contributed by atoms with E-state index in [0.717, 1.165) is 5.92 Å². The molecule has 92 valence electrons. The zero-order valence-electron chi connectivity index (χ0n) is 11.0. The predicted molar refractivity (Wildman–Crippen MR) is 73.2 cm³/mol. The molecular formula is C14H26N2. The van der Waals surface area contributed by atoms with Crippen molar-refractivity contribution in [3.05, 3.63) is 36.6 Å². The van der Waals surface area contributed by atoms with Gasteiger partial charge in [-0.15, -0.1) is 0 Å². The molecule has 1 aliphatic rings. The lowest BCUT2D eigenvalue weighted by Gasteiger charge is -2.29. The van der Waals surface area contributed by atoms with Gasteiger partial charge in [-0.3, -0.25) is 0 Å². The van der Waals surface area contributed by atoms with Gasteiger partial charge in [0.2, 0.25) is 0 Å². The lowest BCUT2D eigenvalue weighted by Crippen LogP contribution is -2.30. The monoisotopic (exact) mass is 222 g/mol. The molecule has 0 saturated carbocycles. The van der Waals surface area contributed by atoms with E-state index in [4.69, 9.17) is 0 Å². The van der Waals surface area contributed by atoms with Crippen LogP contribution in [0.5, 0.6) is 0 Å². The third-order valence-electron chi connectivity index (χ3n) is 2.72. The van der Waals surface area contributed by atoms with E-state index in [1.54, 1.807) is 0 Å². The van der Waals surface area contributed by atoms with Crippen LogP contribution in [0.1, 0.15) is 26.7 Å². The number of piperidine rings is 1. The molecule has 1 fully saturated rings. The molecule has 0 spiro atoms. The highest BCUT2D eigenvalue weighted by atomic mass is 15.1. The Labute approximate surface area is 101 Å². The lowest BCUT2D eigenvalue weighted by molar-refractivity contribution is 0.240. The Morgan fingerprint density at radius 3 is 2.12 bits per heavy atom. The number of likely N-dealkylation sites (tertiary alicyclic amines) is 1. The fourth-order valence-corrected chi connectivity index (χ4v) is 1.87. The van der Waals surface area contributed by atoms with Gasteiger partial charge in [0.25, 0.3) is 0 Å². The van der Waals surface area contributed by atoms with E-state index < -0.39 is 0 Å². The fourth-order valence-electron chi connectivity index (χ4n) is 1.87. The smallest absolute Gasteiger partial charge is 0.00160 e. The normalized spacial score (nSPS) is 16.9. The van der Waals surface area contributed by atoms with Crippen LogP contribution in [0.4, 0.5) is 0 Å². The van der Waals surface area contributed by atoms with Crippen LogP contribution in [0.25, 0.3) is 0 Å². The van der Waals surface area contributed by atoms with E-state index in [2.05, 4.69) is 50.8 Å². The second-order valence-electron chi connectivity index (χ2n) is 4.61. The molecule has 1 aliphatic heterocycles. The largest absolute Gasteiger partial charge is 0.405 e. The summed E-state index contributed by atoms with van der Waals surface area (Å²) < 4.78 is 0. The van der Waals surface area contributed by atoms with Gasteiger partial charge in [0.1, 0.15) is 0 Å². The van der Waals surface area contributed by atoms with E-state index >= 15 is 0 Å². The lowest BCUT2D eigenvalue weighted by atomic mass is 9.89. The Hall–Kier alpha value is -1.02. The summed E-state index contributed by atoms with van der Waals surface area (Å²) in [5.41, 5.74) is 7.30. The minimum Gasteiger partial charge on any atom is -0.405 e. The Bertz CT molecular complexity index is 241. The van der Waals surface area contributed by atoms with Gasteiger partial charge in [-0.25, -0.2) is 0 Å². The quantitative estimate of drug-likeness (QED) is 0.728. The van der Waals surface area contributed by atoms with Crippen molar-refractivity contribution in [1.29, 1.82) is 0 Å². The van der Waals surface area contributed by atoms with Gasteiger partial charge in [0, 0.05) is 0 Å². The third-order valence-corrected chi connectivity index (χ3v) is 2.72. The van der Waals surface area contributed by atoms with E-state index in [9.17, 15) is 0 Å². The highest BCUT2D eigenvalue weighted by molar-refractivity contribution is 5.21. The first kappa shape index (κ1) is 15.0. The summed E-state index contributed by atoms with van der Waals surface area (Å²) in [6.07, 6.45) is 6.04. The van der Waals surface area contributed by atoms with Crippen LogP contribution in [0.2, 0.25) is 0 Å². The predicted octanol–water partition coefficient (Wildman–Crippen LogP) is 2.94. The topological polar surface area (TPSA) is 29.3 Å². The molecule has 0 amide bonds. The third kappa shape index (κ3) is 6.46. The summed E-state index contributed by atoms with van der Waals surface area (Å²) in [5.74, 6) is 0.728. The summed E-state index contributed by atoms with van der Waals surface area (Å²) in [6, 6.07) is 0. The first-order chi connectivity index (χ1) is 7.51. The number of nitrogens with zero attached hydrogens (tertiary/aromatic N) is 1. The van der Waals surface area contributed by atoms with Crippen molar-refractivity contribution < 1.29 is 0 Å². The first-order valence-corrected chi connectivity index (χ1v) is 5.86. The molecule has 0 aromatic carbocycles. The van der Waals surface area contributed by atoms with Crippen LogP contribution in [-0.4, -0.2) is 25.0 Å². The second kappa shape index (κ2) is 8.17. The SMILES string of the molecule is C=C(C=C(C)C)C1CCN(C)CC1.C=CN. The molecule has 0 atom stereocenters. The van der Waals surface area contributed by atoms with Crippen LogP contribution in [0.3, 0.4) is 0 Å². The Kier molecular flexibility index (Phi) is 7.65. The van der Waals surface area contributed by atoms with Gasteiger partial charge in [-0.05, 0) is 58.9 Å². The summed E-state index contributed by atoms with van der Waals surface area (Å²) in [6.45, 7) is 14.0. The molecule has 2 N–H and O–H groups in total. The van der Waals surface area contributed by atoms with Crippen molar-refractivity contribution in [2.24, 2.45) is 11.7 Å². The molecule has 0 radical (unpaired) electrons. The number of hydrogen-bond acceptors (Lipinski definition) is 2. The van der Waals surface area contributed by atoms with Gasteiger partial charge in [0.05, 0.1) is 0 Å². The second-order valence-corrected chi connectivity index (χ2v) is 4.61. The van der Waals surface area contributed by atoms with E-state index in [1.807, 2.05) is 0 Å². The summed E-state index contributed by atoms with van der Waals surface area (Å²) in [5, 5.41) is 0. The van der Waals surface area contributed by atoms with Gasteiger partial charge in [-0.2, -0.15) is 0 Å². The highest BCUT2D eigenvalue weighted by Crippen LogP contribution is 2.24. The zero-order chi connectivity index (χ0) is 12.6. The van der Waals surface area contributed by atoms with Crippen molar-refractivity contribution in [2.45, 2.75) is 26.7 Å². The molecule has 0 bridgehead atoms. The summed E-state index contributed by atoms with van der Waals surface area (Å²) in [4.78, 5) is 2.40. The Morgan fingerprint density at radius 1 is 1.31 bits per heavy atom. The Balaban J connectivity index is 0.000000673. The van der Waals surface area contributed by atoms with Crippen LogP contribution < -0.4 is 5.73 Å². The van der Waals surface area contributed by atoms with Crippen LogP contribution >= 0.6 is 0 Å².